The molecule has 3 aliphatic rings. The molecule has 1 aliphatic heterocycles. The van der Waals surface area contributed by atoms with E-state index in [1.165, 1.54) is 4.90 Å². The van der Waals surface area contributed by atoms with Gasteiger partial charge in [-0.1, -0.05) is 12.2 Å². The molecular formula is C16H21N2O2+. The van der Waals surface area contributed by atoms with Gasteiger partial charge in [-0.05, 0) is 24.2 Å². The van der Waals surface area contributed by atoms with Gasteiger partial charge in [0, 0.05) is 0 Å². The smallest absolute Gasteiger partial charge is 0.233 e. The van der Waals surface area contributed by atoms with E-state index in [1.54, 1.807) is 0 Å². The molecular weight excluding hydrogens is 252 g/mol. The standard InChI is InChI=1S/C16H21N2O2/c1-4-8-18(2,3)9-7-17-15(19)13-11-5-6-12(10-11)14(13)16(17)20/h1,5-6,11-14H,7-10H2,2-3H3/q+1. The molecule has 2 amide bonds. The Morgan fingerprint density at radius 3 is 2.30 bits per heavy atom. The third-order valence-corrected chi connectivity index (χ3v) is 5.01. The number of terminal acetylenes is 1. The van der Waals surface area contributed by atoms with Crippen molar-refractivity contribution in [2.75, 3.05) is 33.7 Å². The monoisotopic (exact) mass is 273 g/mol. The fourth-order valence-corrected chi connectivity index (χ4v) is 3.88. The number of quaternary nitrogens is 1. The summed E-state index contributed by atoms with van der Waals surface area (Å²) < 4.78 is 0.633. The van der Waals surface area contributed by atoms with Gasteiger partial charge >= 0.3 is 0 Å². The van der Waals surface area contributed by atoms with Crippen molar-refractivity contribution in [3.05, 3.63) is 12.2 Å². The van der Waals surface area contributed by atoms with Crippen LogP contribution in [0, 0.1) is 36.0 Å². The Kier molecular flexibility index (Phi) is 2.98. The minimum atomic E-state index is -0.0826. The van der Waals surface area contributed by atoms with Crippen LogP contribution in [0.3, 0.4) is 0 Å². The molecule has 4 heteroatoms. The van der Waals surface area contributed by atoms with Gasteiger partial charge in [-0.3, -0.25) is 14.5 Å². The van der Waals surface area contributed by atoms with Gasteiger partial charge in [-0.15, -0.1) is 6.42 Å². The lowest BCUT2D eigenvalue weighted by atomic mass is 9.85. The second-order valence-electron chi connectivity index (χ2n) is 6.85. The summed E-state index contributed by atoms with van der Waals surface area (Å²) >= 11 is 0. The lowest BCUT2D eigenvalue weighted by molar-refractivity contribution is -0.882. The predicted octanol–water partition coefficient (Wildman–Crippen LogP) is 0.503. The number of rotatable bonds is 4. The molecule has 2 aliphatic carbocycles. The molecule has 1 saturated heterocycles. The summed E-state index contributed by atoms with van der Waals surface area (Å²) in [5.41, 5.74) is 0. The summed E-state index contributed by atoms with van der Waals surface area (Å²) in [5, 5.41) is 0. The van der Waals surface area contributed by atoms with E-state index in [2.05, 4.69) is 18.1 Å². The number of carbonyl (C=O) groups excluding carboxylic acids is 2. The van der Waals surface area contributed by atoms with Gasteiger partial charge in [0.05, 0.1) is 39.0 Å². The van der Waals surface area contributed by atoms with Crippen LogP contribution in [-0.2, 0) is 9.59 Å². The highest BCUT2D eigenvalue weighted by Gasteiger charge is 2.59. The summed E-state index contributed by atoms with van der Waals surface area (Å²) in [5.74, 6) is 3.14. The number of imide groups is 1. The first-order valence-electron chi connectivity index (χ1n) is 7.23. The predicted molar refractivity (Wildman–Crippen MR) is 75.1 cm³/mol. The Hall–Kier alpha value is -1.60. The van der Waals surface area contributed by atoms with E-state index >= 15 is 0 Å². The molecule has 4 nitrogen and oxygen atoms in total. The van der Waals surface area contributed by atoms with E-state index in [9.17, 15) is 9.59 Å². The molecule has 1 heterocycles. The number of hydrogen-bond acceptors (Lipinski definition) is 2. The van der Waals surface area contributed by atoms with Crippen molar-refractivity contribution in [2.45, 2.75) is 6.42 Å². The van der Waals surface area contributed by atoms with Crippen LogP contribution in [0.25, 0.3) is 0 Å². The lowest BCUT2D eigenvalue weighted by Gasteiger charge is -2.29. The van der Waals surface area contributed by atoms with Gasteiger partial charge in [-0.2, -0.15) is 0 Å². The van der Waals surface area contributed by atoms with Crippen LogP contribution in [0.5, 0.6) is 0 Å². The molecule has 3 rings (SSSR count). The summed E-state index contributed by atoms with van der Waals surface area (Å²) in [4.78, 5) is 26.5. The van der Waals surface area contributed by atoms with Crippen LogP contribution >= 0.6 is 0 Å². The number of likely N-dealkylation sites (N-methyl/N-ethyl adjacent to an activating group) is 1. The average molecular weight is 273 g/mol. The van der Waals surface area contributed by atoms with Gasteiger partial charge in [-0.25, -0.2) is 0 Å². The van der Waals surface area contributed by atoms with Crippen molar-refractivity contribution >= 4 is 11.8 Å². The van der Waals surface area contributed by atoms with E-state index in [-0.39, 0.29) is 23.7 Å². The Labute approximate surface area is 120 Å². The van der Waals surface area contributed by atoms with Crippen LogP contribution < -0.4 is 0 Å². The van der Waals surface area contributed by atoms with E-state index in [1.807, 2.05) is 14.1 Å². The lowest BCUT2D eigenvalue weighted by Crippen LogP contribution is -2.47. The number of hydrogen-bond donors (Lipinski definition) is 0. The largest absolute Gasteiger partial charge is 0.317 e. The highest BCUT2D eigenvalue weighted by molar-refractivity contribution is 6.06. The minimum Gasteiger partial charge on any atom is -0.317 e. The molecule has 1 saturated carbocycles. The van der Waals surface area contributed by atoms with E-state index in [4.69, 9.17) is 6.42 Å². The maximum absolute atomic E-state index is 12.5. The van der Waals surface area contributed by atoms with E-state index < -0.39 is 0 Å². The number of nitrogens with zero attached hydrogens (tertiary/aromatic N) is 2. The third kappa shape index (κ3) is 1.89. The Morgan fingerprint density at radius 1 is 1.25 bits per heavy atom. The van der Waals surface area contributed by atoms with E-state index in [0.29, 0.717) is 36.0 Å². The zero-order valence-electron chi connectivity index (χ0n) is 12.1. The van der Waals surface area contributed by atoms with Gasteiger partial charge < -0.3 is 4.48 Å². The van der Waals surface area contributed by atoms with Crippen LogP contribution in [-0.4, -0.2) is 54.9 Å². The Balaban J connectivity index is 1.70. The molecule has 20 heavy (non-hydrogen) atoms. The molecule has 0 radical (unpaired) electrons. The SMILES string of the molecule is C#CC[N+](C)(C)CCN1C(=O)C2C3C=CC(C3)C2C1=O. The van der Waals surface area contributed by atoms with Crippen LogP contribution in [0.15, 0.2) is 12.2 Å². The normalized spacial score (nSPS) is 34.8. The minimum absolute atomic E-state index is 0.0394. The molecule has 0 spiro atoms. The van der Waals surface area contributed by atoms with Crippen molar-refractivity contribution in [2.24, 2.45) is 23.7 Å². The fraction of sp³-hybridized carbons (Fsp3) is 0.625. The molecule has 0 aromatic heterocycles. The molecule has 4 atom stereocenters. The molecule has 0 aromatic rings. The average Bonchev–Trinajstić information content (AvgIpc) is 3.03. The number of carbonyl (C=O) groups is 2. The maximum atomic E-state index is 12.5. The van der Waals surface area contributed by atoms with Gasteiger partial charge in [0.15, 0.2) is 0 Å². The Morgan fingerprint density at radius 2 is 1.80 bits per heavy atom. The number of fused-ring (bicyclic) bond motifs is 5. The number of likely N-dealkylation sites (tertiary alicyclic amines) is 1. The Bertz CT molecular complexity index is 499. The molecule has 2 bridgehead atoms. The van der Waals surface area contributed by atoms with Crippen molar-refractivity contribution in [1.82, 2.24) is 4.90 Å². The van der Waals surface area contributed by atoms with Crippen LogP contribution in [0.4, 0.5) is 0 Å². The summed E-state index contributed by atoms with van der Waals surface area (Å²) in [6.45, 7) is 1.80. The zero-order valence-corrected chi connectivity index (χ0v) is 12.1. The highest BCUT2D eigenvalue weighted by atomic mass is 16.2. The third-order valence-electron chi connectivity index (χ3n) is 5.01. The summed E-state index contributed by atoms with van der Waals surface area (Å²) in [6.07, 6.45) is 10.6. The molecule has 106 valence electrons. The van der Waals surface area contributed by atoms with Gasteiger partial charge in [0.1, 0.15) is 6.54 Å². The summed E-state index contributed by atoms with van der Waals surface area (Å²) in [7, 11) is 4.05. The van der Waals surface area contributed by atoms with Crippen LogP contribution in [0.1, 0.15) is 6.42 Å². The first-order chi connectivity index (χ1) is 9.44. The first kappa shape index (κ1) is 13.4. The number of allylic oxidation sites excluding steroid dienone is 2. The number of amides is 2. The summed E-state index contributed by atoms with van der Waals surface area (Å²) in [6, 6.07) is 0. The van der Waals surface area contributed by atoms with Crippen molar-refractivity contribution in [3.63, 3.8) is 0 Å². The molecule has 4 unspecified atom stereocenters. The van der Waals surface area contributed by atoms with Crippen molar-refractivity contribution < 1.29 is 14.1 Å². The maximum Gasteiger partial charge on any atom is 0.233 e. The van der Waals surface area contributed by atoms with Crippen LogP contribution in [0.2, 0.25) is 0 Å². The van der Waals surface area contributed by atoms with Crippen molar-refractivity contribution in [1.29, 1.82) is 0 Å². The second kappa shape index (κ2) is 4.46. The van der Waals surface area contributed by atoms with Gasteiger partial charge in [0.2, 0.25) is 11.8 Å². The second-order valence-corrected chi connectivity index (χ2v) is 6.85. The first-order valence-corrected chi connectivity index (χ1v) is 7.23. The topological polar surface area (TPSA) is 37.4 Å². The van der Waals surface area contributed by atoms with Crippen molar-refractivity contribution in [3.8, 4) is 12.3 Å². The van der Waals surface area contributed by atoms with Gasteiger partial charge in [0.25, 0.3) is 0 Å². The quantitative estimate of drug-likeness (QED) is 0.324. The zero-order chi connectivity index (χ0) is 14.5. The molecule has 2 fully saturated rings. The molecule has 0 aromatic carbocycles. The fourth-order valence-electron chi connectivity index (χ4n) is 3.88. The highest BCUT2D eigenvalue weighted by Crippen LogP contribution is 2.52. The van der Waals surface area contributed by atoms with E-state index in [0.717, 1.165) is 6.42 Å². The molecule has 0 N–H and O–H groups in total.